The standard InChI is InChI=1S/C22H24O5/c1-4-21(25)27-20-12-8-18(9-13-20)22(3,14-5-15-23)17-6-10-19(11-7-17)26-16(2)24/h6-13,15H,4-5,14H2,1-3H3. The van der Waals surface area contributed by atoms with Crippen LogP contribution in [-0.2, 0) is 19.8 Å². The zero-order chi connectivity index (χ0) is 19.9. The smallest absolute Gasteiger partial charge is 0.310 e. The molecule has 5 heteroatoms. The Morgan fingerprint density at radius 3 is 1.81 bits per heavy atom. The van der Waals surface area contributed by atoms with E-state index < -0.39 is 5.41 Å². The van der Waals surface area contributed by atoms with Gasteiger partial charge in [-0.25, -0.2) is 0 Å². The normalized spacial score (nSPS) is 12.7. The fourth-order valence-corrected chi connectivity index (χ4v) is 2.95. The summed E-state index contributed by atoms with van der Waals surface area (Å²) >= 11 is 0. The average molecular weight is 368 g/mol. The minimum atomic E-state index is -0.414. The summed E-state index contributed by atoms with van der Waals surface area (Å²) in [5, 5.41) is 0. The molecule has 142 valence electrons. The number of rotatable bonds is 8. The molecule has 1 unspecified atom stereocenters. The second-order valence-corrected chi connectivity index (χ2v) is 6.51. The molecule has 0 aliphatic carbocycles. The molecule has 0 aliphatic rings. The molecule has 2 aromatic carbocycles. The van der Waals surface area contributed by atoms with Crippen LogP contribution in [0.2, 0.25) is 0 Å². The highest BCUT2D eigenvalue weighted by atomic mass is 16.5. The molecule has 0 bridgehead atoms. The number of hydrogen-bond donors (Lipinski definition) is 0. The minimum Gasteiger partial charge on any atom is -0.427 e. The maximum absolute atomic E-state index is 11.4. The molecule has 0 amide bonds. The fraction of sp³-hybridized carbons (Fsp3) is 0.318. The lowest BCUT2D eigenvalue weighted by atomic mass is 9.73. The quantitative estimate of drug-likeness (QED) is 0.396. The first-order valence-electron chi connectivity index (χ1n) is 8.93. The Morgan fingerprint density at radius 2 is 1.41 bits per heavy atom. The predicted molar refractivity (Wildman–Crippen MR) is 102 cm³/mol. The molecular weight excluding hydrogens is 344 g/mol. The van der Waals surface area contributed by atoms with Gasteiger partial charge in [0.15, 0.2) is 0 Å². The van der Waals surface area contributed by atoms with Crippen molar-refractivity contribution in [2.45, 2.75) is 45.4 Å². The number of esters is 2. The van der Waals surface area contributed by atoms with Crippen molar-refractivity contribution in [1.82, 2.24) is 0 Å². The molecule has 0 spiro atoms. The van der Waals surface area contributed by atoms with Crippen molar-refractivity contribution in [3.8, 4) is 11.5 Å². The van der Waals surface area contributed by atoms with Gasteiger partial charge >= 0.3 is 11.9 Å². The van der Waals surface area contributed by atoms with Gasteiger partial charge in [0.25, 0.3) is 0 Å². The van der Waals surface area contributed by atoms with E-state index in [2.05, 4.69) is 6.92 Å². The molecule has 0 heterocycles. The van der Waals surface area contributed by atoms with Crippen LogP contribution < -0.4 is 9.47 Å². The third kappa shape index (κ3) is 5.26. The molecule has 0 aliphatic heterocycles. The van der Waals surface area contributed by atoms with Crippen molar-refractivity contribution in [2.24, 2.45) is 0 Å². The second kappa shape index (κ2) is 9.12. The summed E-state index contributed by atoms with van der Waals surface area (Å²) in [4.78, 5) is 33.5. The Hall–Kier alpha value is -2.95. The summed E-state index contributed by atoms with van der Waals surface area (Å²) < 4.78 is 10.3. The molecule has 0 saturated carbocycles. The summed E-state index contributed by atoms with van der Waals surface area (Å²) in [6.45, 7) is 5.16. The SMILES string of the molecule is CCC(=O)Oc1ccc(C(C)(CCC=O)c2ccc(OC(C)=O)cc2)cc1. The lowest BCUT2D eigenvalue weighted by molar-refractivity contribution is -0.134. The molecule has 0 saturated heterocycles. The number of carbonyl (C=O) groups excluding carboxylic acids is 3. The summed E-state index contributed by atoms with van der Waals surface area (Å²) in [6.07, 6.45) is 2.25. The van der Waals surface area contributed by atoms with E-state index >= 15 is 0 Å². The highest BCUT2D eigenvalue weighted by Gasteiger charge is 2.28. The van der Waals surface area contributed by atoms with Crippen LogP contribution in [0.1, 0.15) is 51.2 Å². The molecule has 0 N–H and O–H groups in total. The van der Waals surface area contributed by atoms with Crippen LogP contribution in [0.25, 0.3) is 0 Å². The lowest BCUT2D eigenvalue weighted by Gasteiger charge is -2.31. The van der Waals surface area contributed by atoms with Gasteiger partial charge in [-0.15, -0.1) is 0 Å². The van der Waals surface area contributed by atoms with Crippen LogP contribution in [0.3, 0.4) is 0 Å². The highest BCUT2D eigenvalue weighted by molar-refractivity contribution is 5.72. The largest absolute Gasteiger partial charge is 0.427 e. The first kappa shape index (κ1) is 20.4. The van der Waals surface area contributed by atoms with E-state index in [0.717, 1.165) is 17.4 Å². The Balaban J connectivity index is 2.33. The van der Waals surface area contributed by atoms with Gasteiger partial charge in [0, 0.05) is 25.2 Å². The molecule has 0 radical (unpaired) electrons. The van der Waals surface area contributed by atoms with Crippen molar-refractivity contribution in [2.75, 3.05) is 0 Å². The summed E-state index contributed by atoms with van der Waals surface area (Å²) in [5.74, 6) is 0.315. The molecule has 2 rings (SSSR count). The van der Waals surface area contributed by atoms with E-state index in [-0.39, 0.29) is 11.9 Å². The Kier molecular flexibility index (Phi) is 6.88. The van der Waals surface area contributed by atoms with Gasteiger partial charge in [0.2, 0.25) is 0 Å². The van der Waals surface area contributed by atoms with Crippen LogP contribution >= 0.6 is 0 Å². The van der Waals surface area contributed by atoms with Gasteiger partial charge in [-0.1, -0.05) is 38.1 Å². The van der Waals surface area contributed by atoms with E-state index in [1.165, 1.54) is 6.92 Å². The second-order valence-electron chi connectivity index (χ2n) is 6.51. The summed E-state index contributed by atoms with van der Waals surface area (Å²) in [7, 11) is 0. The van der Waals surface area contributed by atoms with E-state index in [1.807, 2.05) is 24.3 Å². The van der Waals surface area contributed by atoms with E-state index in [1.54, 1.807) is 31.2 Å². The van der Waals surface area contributed by atoms with Crippen LogP contribution in [0, 0.1) is 0 Å². The monoisotopic (exact) mass is 368 g/mol. The van der Waals surface area contributed by atoms with Crippen LogP contribution in [0.4, 0.5) is 0 Å². The molecule has 1 atom stereocenters. The number of aldehydes is 1. The number of hydrogen-bond acceptors (Lipinski definition) is 5. The third-order valence-electron chi connectivity index (χ3n) is 4.53. The van der Waals surface area contributed by atoms with Crippen molar-refractivity contribution in [1.29, 1.82) is 0 Å². The first-order chi connectivity index (χ1) is 12.9. The van der Waals surface area contributed by atoms with Crippen LogP contribution in [0.5, 0.6) is 11.5 Å². The summed E-state index contributed by atoms with van der Waals surface area (Å²) in [6, 6.07) is 14.6. The van der Waals surface area contributed by atoms with Gasteiger partial charge in [0.1, 0.15) is 17.8 Å². The third-order valence-corrected chi connectivity index (χ3v) is 4.53. The van der Waals surface area contributed by atoms with Crippen molar-refractivity contribution >= 4 is 18.2 Å². The fourth-order valence-electron chi connectivity index (χ4n) is 2.95. The first-order valence-corrected chi connectivity index (χ1v) is 8.93. The molecule has 0 aromatic heterocycles. The number of carbonyl (C=O) groups is 3. The summed E-state index contributed by atoms with van der Waals surface area (Å²) in [5.41, 5.74) is 1.59. The van der Waals surface area contributed by atoms with E-state index in [0.29, 0.717) is 30.8 Å². The van der Waals surface area contributed by atoms with Gasteiger partial charge in [-0.05, 0) is 41.8 Å². The predicted octanol–water partition coefficient (Wildman–Crippen LogP) is 4.21. The minimum absolute atomic E-state index is 0.285. The van der Waals surface area contributed by atoms with Gasteiger partial charge < -0.3 is 14.3 Å². The van der Waals surface area contributed by atoms with Gasteiger partial charge in [-0.2, -0.15) is 0 Å². The highest BCUT2D eigenvalue weighted by Crippen LogP contribution is 2.37. The number of benzene rings is 2. The zero-order valence-electron chi connectivity index (χ0n) is 15.9. The molecule has 2 aromatic rings. The molecule has 5 nitrogen and oxygen atoms in total. The van der Waals surface area contributed by atoms with Crippen molar-refractivity contribution in [3.63, 3.8) is 0 Å². The van der Waals surface area contributed by atoms with Gasteiger partial charge in [0.05, 0.1) is 0 Å². The van der Waals surface area contributed by atoms with E-state index in [9.17, 15) is 14.4 Å². The average Bonchev–Trinajstić information content (AvgIpc) is 2.66. The molecule has 27 heavy (non-hydrogen) atoms. The maximum Gasteiger partial charge on any atom is 0.310 e. The topological polar surface area (TPSA) is 69.7 Å². The Bertz CT molecular complexity index is 792. The number of ether oxygens (including phenoxy) is 2. The Morgan fingerprint density at radius 1 is 0.926 bits per heavy atom. The Labute approximate surface area is 159 Å². The van der Waals surface area contributed by atoms with E-state index in [4.69, 9.17) is 9.47 Å². The zero-order valence-corrected chi connectivity index (χ0v) is 15.9. The molecular formula is C22H24O5. The van der Waals surface area contributed by atoms with Crippen LogP contribution in [-0.4, -0.2) is 18.2 Å². The van der Waals surface area contributed by atoms with Crippen molar-refractivity contribution in [3.05, 3.63) is 59.7 Å². The van der Waals surface area contributed by atoms with Gasteiger partial charge in [-0.3, -0.25) is 9.59 Å². The molecule has 0 fully saturated rings. The lowest BCUT2D eigenvalue weighted by Crippen LogP contribution is -2.24. The maximum atomic E-state index is 11.4. The van der Waals surface area contributed by atoms with Crippen molar-refractivity contribution < 1.29 is 23.9 Å². The van der Waals surface area contributed by atoms with Crippen LogP contribution in [0.15, 0.2) is 48.5 Å².